The Morgan fingerprint density at radius 3 is 1.78 bits per heavy atom. The largest absolute Gasteiger partial charge is 0.465 e. The van der Waals surface area contributed by atoms with Gasteiger partial charge in [-0.15, -0.1) is 0 Å². The number of nitrogens with zero attached hydrogens (tertiary/aromatic N) is 3. The van der Waals surface area contributed by atoms with Crippen molar-refractivity contribution in [2.24, 2.45) is 0 Å². The van der Waals surface area contributed by atoms with Crippen LogP contribution >= 0.6 is 0 Å². The maximum Gasteiger partial charge on any atom is 0.338 e. The summed E-state index contributed by atoms with van der Waals surface area (Å²) in [6.45, 7) is 0. The summed E-state index contributed by atoms with van der Waals surface area (Å²) in [5.74, 6) is -2.92. The quantitative estimate of drug-likeness (QED) is 0.343. The fourth-order valence-electron chi connectivity index (χ4n) is 2.74. The standard InChI is InChI=1S/C16H9N3O8/c1-27-16(22)8-6-11(18(23)24)13(12(7-8)19(25)26)17-14(20)9-4-2-3-5-10(9)15(17)21/h2-7H,1H3. The zero-order chi connectivity index (χ0) is 19.9. The van der Waals surface area contributed by atoms with Crippen LogP contribution in [0.25, 0.3) is 0 Å². The van der Waals surface area contributed by atoms with Crippen LogP contribution in [-0.2, 0) is 4.74 Å². The number of esters is 1. The number of rotatable bonds is 4. The second-order valence-electron chi connectivity index (χ2n) is 5.36. The molecule has 27 heavy (non-hydrogen) atoms. The molecule has 0 N–H and O–H groups in total. The lowest BCUT2D eigenvalue weighted by Crippen LogP contribution is -2.31. The lowest BCUT2D eigenvalue weighted by atomic mass is 10.1. The van der Waals surface area contributed by atoms with E-state index in [-0.39, 0.29) is 11.1 Å². The molecule has 3 rings (SSSR count). The second-order valence-corrected chi connectivity index (χ2v) is 5.36. The highest BCUT2D eigenvalue weighted by Gasteiger charge is 2.44. The zero-order valence-electron chi connectivity index (χ0n) is 13.6. The minimum absolute atomic E-state index is 0.0388. The van der Waals surface area contributed by atoms with E-state index in [4.69, 9.17) is 0 Å². The summed E-state index contributed by atoms with van der Waals surface area (Å²) < 4.78 is 4.43. The van der Waals surface area contributed by atoms with Crippen LogP contribution in [0.1, 0.15) is 31.1 Å². The molecule has 0 spiro atoms. The lowest BCUT2D eigenvalue weighted by molar-refractivity contribution is -0.392. The minimum Gasteiger partial charge on any atom is -0.465 e. The maximum atomic E-state index is 12.6. The predicted molar refractivity (Wildman–Crippen MR) is 88.7 cm³/mol. The van der Waals surface area contributed by atoms with Gasteiger partial charge in [-0.2, -0.15) is 0 Å². The number of imide groups is 1. The molecule has 0 saturated carbocycles. The smallest absolute Gasteiger partial charge is 0.338 e. The highest BCUT2D eigenvalue weighted by molar-refractivity contribution is 6.35. The van der Waals surface area contributed by atoms with Gasteiger partial charge in [0, 0.05) is 12.1 Å². The van der Waals surface area contributed by atoms with Crippen LogP contribution < -0.4 is 4.90 Å². The number of hydrogen-bond donors (Lipinski definition) is 0. The molecule has 0 saturated heterocycles. The number of hydrogen-bond acceptors (Lipinski definition) is 8. The van der Waals surface area contributed by atoms with Crippen LogP contribution in [0.4, 0.5) is 17.1 Å². The van der Waals surface area contributed by atoms with E-state index in [1.54, 1.807) is 0 Å². The van der Waals surface area contributed by atoms with Crippen LogP contribution in [0.3, 0.4) is 0 Å². The van der Waals surface area contributed by atoms with Gasteiger partial charge in [-0.3, -0.25) is 29.8 Å². The molecule has 1 aliphatic heterocycles. The van der Waals surface area contributed by atoms with Crippen molar-refractivity contribution in [1.82, 2.24) is 0 Å². The summed E-state index contributed by atoms with van der Waals surface area (Å²) in [6.07, 6.45) is 0. The first kappa shape index (κ1) is 17.7. The number of nitro groups is 2. The normalized spacial score (nSPS) is 12.7. The van der Waals surface area contributed by atoms with E-state index < -0.39 is 50.3 Å². The van der Waals surface area contributed by atoms with Crippen molar-refractivity contribution in [1.29, 1.82) is 0 Å². The van der Waals surface area contributed by atoms with Gasteiger partial charge in [0.2, 0.25) is 5.69 Å². The molecule has 0 radical (unpaired) electrons. The maximum absolute atomic E-state index is 12.6. The Hall–Kier alpha value is -4.15. The lowest BCUT2D eigenvalue weighted by Gasteiger charge is -2.15. The highest BCUT2D eigenvalue weighted by Crippen LogP contribution is 2.42. The molecule has 0 fully saturated rings. The Kier molecular flexibility index (Phi) is 4.12. The predicted octanol–water partition coefficient (Wildman–Crippen LogP) is 2.09. The third kappa shape index (κ3) is 2.66. The van der Waals surface area contributed by atoms with Gasteiger partial charge >= 0.3 is 17.3 Å². The van der Waals surface area contributed by atoms with Crippen molar-refractivity contribution >= 4 is 34.8 Å². The molecule has 11 nitrogen and oxygen atoms in total. The molecule has 2 amide bonds. The number of amides is 2. The topological polar surface area (TPSA) is 150 Å². The molecule has 1 aliphatic rings. The number of methoxy groups -OCH3 is 1. The van der Waals surface area contributed by atoms with Crippen LogP contribution in [0.15, 0.2) is 36.4 Å². The fourth-order valence-corrected chi connectivity index (χ4v) is 2.74. The number of fused-ring (bicyclic) bond motifs is 1. The van der Waals surface area contributed by atoms with E-state index in [0.29, 0.717) is 4.90 Å². The third-order valence-electron chi connectivity index (χ3n) is 3.90. The molecule has 2 aromatic rings. The van der Waals surface area contributed by atoms with E-state index in [0.717, 1.165) is 19.2 Å². The highest BCUT2D eigenvalue weighted by atomic mass is 16.6. The summed E-state index contributed by atoms with van der Waals surface area (Å²) in [6, 6.07) is 7.06. The van der Waals surface area contributed by atoms with Crippen LogP contribution in [-0.4, -0.2) is 34.7 Å². The first-order valence-corrected chi connectivity index (χ1v) is 7.31. The van der Waals surface area contributed by atoms with E-state index in [9.17, 15) is 34.6 Å². The molecular weight excluding hydrogens is 362 g/mol. The van der Waals surface area contributed by atoms with E-state index in [2.05, 4.69) is 4.74 Å². The first-order chi connectivity index (χ1) is 12.8. The zero-order valence-corrected chi connectivity index (χ0v) is 13.6. The van der Waals surface area contributed by atoms with Gasteiger partial charge < -0.3 is 4.74 Å². The van der Waals surface area contributed by atoms with Crippen molar-refractivity contribution in [3.8, 4) is 0 Å². The number of nitro benzene ring substituents is 2. The van der Waals surface area contributed by atoms with Crippen molar-refractivity contribution < 1.29 is 29.0 Å². The molecule has 1 heterocycles. The van der Waals surface area contributed by atoms with Crippen molar-refractivity contribution in [2.75, 3.05) is 12.0 Å². The Bertz CT molecular complexity index is 976. The van der Waals surface area contributed by atoms with E-state index in [1.165, 1.54) is 24.3 Å². The van der Waals surface area contributed by atoms with Gasteiger partial charge in [-0.05, 0) is 12.1 Å². The van der Waals surface area contributed by atoms with Gasteiger partial charge in [0.25, 0.3) is 11.8 Å². The van der Waals surface area contributed by atoms with Crippen molar-refractivity contribution in [3.05, 3.63) is 73.3 Å². The van der Waals surface area contributed by atoms with E-state index >= 15 is 0 Å². The summed E-state index contributed by atoms with van der Waals surface area (Å²) in [5, 5.41) is 23.0. The average molecular weight is 371 g/mol. The monoisotopic (exact) mass is 371 g/mol. The summed E-state index contributed by atoms with van der Waals surface area (Å²) in [4.78, 5) is 58.2. The molecule has 0 aromatic heterocycles. The fraction of sp³-hybridized carbons (Fsp3) is 0.0625. The number of benzene rings is 2. The van der Waals surface area contributed by atoms with Gasteiger partial charge in [0.05, 0.1) is 33.6 Å². The molecule has 0 unspecified atom stereocenters. The van der Waals surface area contributed by atoms with Gasteiger partial charge in [0.15, 0.2) is 0 Å². The second kappa shape index (κ2) is 6.29. The number of carbonyl (C=O) groups is 3. The molecule has 136 valence electrons. The molecule has 11 heteroatoms. The van der Waals surface area contributed by atoms with Gasteiger partial charge in [0.1, 0.15) is 0 Å². The van der Waals surface area contributed by atoms with Crippen LogP contribution in [0, 0.1) is 20.2 Å². The Morgan fingerprint density at radius 2 is 1.41 bits per heavy atom. The van der Waals surface area contributed by atoms with Gasteiger partial charge in [-0.25, -0.2) is 9.69 Å². The summed E-state index contributed by atoms with van der Waals surface area (Å²) in [5.41, 5.74) is -3.25. The first-order valence-electron chi connectivity index (χ1n) is 7.31. The van der Waals surface area contributed by atoms with Crippen LogP contribution in [0.2, 0.25) is 0 Å². The number of carbonyl (C=O) groups excluding carboxylic acids is 3. The molecule has 0 aliphatic carbocycles. The Labute approximate surface area is 150 Å². The molecular formula is C16H9N3O8. The van der Waals surface area contributed by atoms with Crippen molar-refractivity contribution in [3.63, 3.8) is 0 Å². The summed E-state index contributed by atoms with van der Waals surface area (Å²) >= 11 is 0. The van der Waals surface area contributed by atoms with Gasteiger partial charge in [-0.1, -0.05) is 12.1 Å². The van der Waals surface area contributed by atoms with Crippen molar-refractivity contribution in [2.45, 2.75) is 0 Å². The minimum atomic E-state index is -1.05. The molecule has 0 bridgehead atoms. The third-order valence-corrected chi connectivity index (χ3v) is 3.90. The molecule has 0 atom stereocenters. The molecule has 2 aromatic carbocycles. The Morgan fingerprint density at radius 1 is 0.963 bits per heavy atom. The SMILES string of the molecule is COC(=O)c1cc([N+](=O)[O-])c(N2C(=O)c3ccccc3C2=O)c([N+](=O)[O-])c1. The Balaban J connectivity index is 2.31. The van der Waals surface area contributed by atoms with Crippen LogP contribution in [0.5, 0.6) is 0 Å². The van der Waals surface area contributed by atoms with E-state index in [1.807, 2.05) is 0 Å². The number of ether oxygens (including phenoxy) is 1. The summed E-state index contributed by atoms with van der Waals surface area (Å²) in [7, 11) is 0.998. The number of anilines is 1. The average Bonchev–Trinajstić information content (AvgIpc) is 2.90.